The van der Waals surface area contributed by atoms with Crippen molar-refractivity contribution in [3.8, 4) is 5.75 Å². The number of aryl methyl sites for hydroxylation is 2. The van der Waals surface area contributed by atoms with Crippen molar-refractivity contribution in [1.82, 2.24) is 4.98 Å². The minimum atomic E-state index is -0.995. The number of carbonyl (C=O) groups is 3. The van der Waals surface area contributed by atoms with Crippen molar-refractivity contribution in [2.75, 3.05) is 18.6 Å². The summed E-state index contributed by atoms with van der Waals surface area (Å²) in [7, 11) is 1.25. The van der Waals surface area contributed by atoms with Gasteiger partial charge in [0.15, 0.2) is 5.13 Å². The van der Waals surface area contributed by atoms with Crippen LogP contribution in [0.4, 0.5) is 5.13 Å². The van der Waals surface area contributed by atoms with Gasteiger partial charge in [-0.2, -0.15) is 0 Å². The van der Waals surface area contributed by atoms with Gasteiger partial charge in [-0.25, -0.2) is 9.78 Å². The van der Waals surface area contributed by atoms with Crippen LogP contribution in [0.25, 0.3) is 5.76 Å². The molecule has 1 saturated heterocycles. The Hall–Kier alpha value is -3.69. The Morgan fingerprint density at radius 1 is 1.17 bits per heavy atom. The molecule has 1 atom stereocenters. The third kappa shape index (κ3) is 4.47. The number of thiazole rings is 1. The van der Waals surface area contributed by atoms with E-state index in [1.165, 1.54) is 12.0 Å². The Bertz CT molecular complexity index is 1400. The standard InChI is InChI=1S/C26H23ClN2O6S/c1-5-35-18-11-8-16(12-13(18)2)21(30)19-20(15-6-9-17(27)10-7-15)29(24(32)22(19)31)26-28-14(3)23(36-26)25(33)34-4/h6-12,20,30H,5H2,1-4H3/t20-/m0/s1. The van der Waals surface area contributed by atoms with Crippen LogP contribution in [0, 0.1) is 13.8 Å². The van der Waals surface area contributed by atoms with Crippen molar-refractivity contribution >= 4 is 51.5 Å². The smallest absolute Gasteiger partial charge is 0.350 e. The number of Topliss-reactive ketones (excluding diaryl/α,β-unsaturated/α-hetero) is 1. The average Bonchev–Trinajstić information content (AvgIpc) is 3.36. The predicted molar refractivity (Wildman–Crippen MR) is 137 cm³/mol. The molecule has 2 heterocycles. The molecule has 186 valence electrons. The predicted octanol–water partition coefficient (Wildman–Crippen LogP) is 5.22. The molecule has 1 aliphatic heterocycles. The zero-order valence-electron chi connectivity index (χ0n) is 20.0. The van der Waals surface area contributed by atoms with Gasteiger partial charge >= 0.3 is 11.9 Å². The number of ketones is 1. The highest BCUT2D eigenvalue weighted by Gasteiger charge is 2.48. The maximum absolute atomic E-state index is 13.3. The fourth-order valence-corrected chi connectivity index (χ4v) is 5.17. The van der Waals surface area contributed by atoms with Crippen LogP contribution >= 0.6 is 22.9 Å². The van der Waals surface area contributed by atoms with Gasteiger partial charge in [-0.15, -0.1) is 0 Å². The number of aliphatic hydroxyl groups excluding tert-OH is 1. The Morgan fingerprint density at radius 2 is 1.86 bits per heavy atom. The summed E-state index contributed by atoms with van der Waals surface area (Å²) in [5.74, 6) is -2.02. The van der Waals surface area contributed by atoms with Crippen LogP contribution in [0.3, 0.4) is 0 Å². The van der Waals surface area contributed by atoms with Crippen molar-refractivity contribution in [1.29, 1.82) is 0 Å². The molecular formula is C26H23ClN2O6S. The second kappa shape index (κ2) is 10.1. The highest BCUT2D eigenvalue weighted by molar-refractivity contribution is 7.17. The van der Waals surface area contributed by atoms with Crippen LogP contribution < -0.4 is 9.64 Å². The number of ether oxygens (including phenoxy) is 2. The van der Waals surface area contributed by atoms with E-state index in [4.69, 9.17) is 21.1 Å². The minimum absolute atomic E-state index is 0.0987. The van der Waals surface area contributed by atoms with E-state index in [1.54, 1.807) is 49.4 Å². The number of methoxy groups -OCH3 is 1. The molecule has 8 nitrogen and oxygen atoms in total. The number of amides is 1. The van der Waals surface area contributed by atoms with Gasteiger partial charge in [0, 0.05) is 10.6 Å². The SMILES string of the molecule is CCOc1ccc(C(O)=C2C(=O)C(=O)N(c3nc(C)c(C(=O)OC)s3)[C@H]2c2ccc(Cl)cc2)cc1C. The van der Waals surface area contributed by atoms with Gasteiger partial charge in [0.1, 0.15) is 16.4 Å². The van der Waals surface area contributed by atoms with Gasteiger partial charge in [-0.3, -0.25) is 14.5 Å². The van der Waals surface area contributed by atoms with Crippen LogP contribution in [-0.4, -0.2) is 41.5 Å². The zero-order valence-corrected chi connectivity index (χ0v) is 21.6. The Balaban J connectivity index is 1.91. The molecule has 2 aromatic carbocycles. The summed E-state index contributed by atoms with van der Waals surface area (Å²) in [6.07, 6.45) is 0. The number of hydrogen-bond donors (Lipinski definition) is 1. The fourth-order valence-electron chi connectivity index (χ4n) is 4.03. The average molecular weight is 527 g/mol. The van der Waals surface area contributed by atoms with Crippen molar-refractivity contribution in [2.45, 2.75) is 26.8 Å². The van der Waals surface area contributed by atoms with Crippen LogP contribution in [-0.2, 0) is 14.3 Å². The maximum atomic E-state index is 13.3. The number of halogens is 1. The van der Waals surface area contributed by atoms with Crippen molar-refractivity contribution in [2.24, 2.45) is 0 Å². The van der Waals surface area contributed by atoms with Gasteiger partial charge in [0.2, 0.25) is 0 Å². The molecule has 0 unspecified atom stereocenters. The van der Waals surface area contributed by atoms with E-state index >= 15 is 0 Å². The topological polar surface area (TPSA) is 106 Å². The number of aromatic nitrogens is 1. The van der Waals surface area contributed by atoms with Gasteiger partial charge < -0.3 is 14.6 Å². The lowest BCUT2D eigenvalue weighted by Crippen LogP contribution is -2.29. The summed E-state index contributed by atoms with van der Waals surface area (Å²) in [5, 5.41) is 11.9. The van der Waals surface area contributed by atoms with Gasteiger partial charge in [0.05, 0.1) is 31.0 Å². The number of benzene rings is 2. The number of nitrogens with zero attached hydrogens (tertiary/aromatic N) is 2. The number of esters is 1. The van der Waals surface area contributed by atoms with E-state index in [0.717, 1.165) is 16.9 Å². The molecule has 36 heavy (non-hydrogen) atoms. The first-order valence-electron chi connectivity index (χ1n) is 11.0. The first-order valence-corrected chi connectivity index (χ1v) is 12.2. The van der Waals surface area contributed by atoms with Crippen molar-refractivity contribution in [3.63, 3.8) is 0 Å². The summed E-state index contributed by atoms with van der Waals surface area (Å²) in [4.78, 5) is 44.6. The molecule has 0 saturated carbocycles. The Morgan fingerprint density at radius 3 is 2.47 bits per heavy atom. The highest BCUT2D eigenvalue weighted by Crippen LogP contribution is 2.44. The van der Waals surface area contributed by atoms with Gasteiger partial charge in [-0.05, 0) is 62.2 Å². The van der Waals surface area contributed by atoms with Crippen LogP contribution in [0.15, 0.2) is 48.0 Å². The molecule has 0 bridgehead atoms. The van der Waals surface area contributed by atoms with Crippen LogP contribution in [0.2, 0.25) is 5.02 Å². The number of carbonyl (C=O) groups excluding carboxylic acids is 3. The number of anilines is 1. The number of hydrogen-bond acceptors (Lipinski definition) is 8. The van der Waals surface area contributed by atoms with E-state index < -0.39 is 23.7 Å². The second-order valence-corrected chi connectivity index (χ2v) is 9.45. The lowest BCUT2D eigenvalue weighted by Gasteiger charge is -2.23. The monoisotopic (exact) mass is 526 g/mol. The zero-order chi connectivity index (χ0) is 26.1. The maximum Gasteiger partial charge on any atom is 0.350 e. The molecule has 0 radical (unpaired) electrons. The van der Waals surface area contributed by atoms with E-state index in [1.807, 2.05) is 13.8 Å². The molecule has 1 amide bonds. The number of rotatable bonds is 6. The Labute approximate surface area is 216 Å². The molecule has 1 aromatic heterocycles. The highest BCUT2D eigenvalue weighted by atomic mass is 35.5. The third-order valence-electron chi connectivity index (χ3n) is 5.74. The molecule has 1 fully saturated rings. The van der Waals surface area contributed by atoms with Crippen molar-refractivity contribution < 1.29 is 29.0 Å². The third-order valence-corrected chi connectivity index (χ3v) is 7.13. The largest absolute Gasteiger partial charge is 0.507 e. The fraction of sp³-hybridized carbons (Fsp3) is 0.231. The quantitative estimate of drug-likeness (QED) is 0.203. The van der Waals surface area contributed by atoms with Crippen molar-refractivity contribution in [3.05, 3.63) is 80.3 Å². The second-order valence-electron chi connectivity index (χ2n) is 8.04. The van der Waals surface area contributed by atoms with E-state index in [2.05, 4.69) is 4.98 Å². The van der Waals surface area contributed by atoms with Crippen LogP contribution in [0.5, 0.6) is 5.75 Å². The lowest BCUT2D eigenvalue weighted by atomic mass is 9.95. The molecule has 3 aromatic rings. The molecule has 0 aliphatic carbocycles. The molecule has 4 rings (SSSR count). The minimum Gasteiger partial charge on any atom is -0.507 e. The molecule has 10 heteroatoms. The number of aliphatic hydroxyl groups is 1. The molecule has 1 aliphatic rings. The summed E-state index contributed by atoms with van der Waals surface area (Å²) in [6.45, 7) is 5.79. The summed E-state index contributed by atoms with van der Waals surface area (Å²) in [5.41, 5.74) is 1.92. The first kappa shape index (κ1) is 25.4. The summed E-state index contributed by atoms with van der Waals surface area (Å²) < 4.78 is 10.4. The van der Waals surface area contributed by atoms with E-state index in [-0.39, 0.29) is 21.3 Å². The molecule has 1 N–H and O–H groups in total. The van der Waals surface area contributed by atoms with Crippen LogP contribution in [0.1, 0.15) is 45.0 Å². The lowest BCUT2D eigenvalue weighted by molar-refractivity contribution is -0.132. The van der Waals surface area contributed by atoms with E-state index in [9.17, 15) is 19.5 Å². The normalized spacial score (nSPS) is 16.9. The molecular weight excluding hydrogens is 504 g/mol. The molecule has 0 spiro atoms. The summed E-state index contributed by atoms with van der Waals surface area (Å²) in [6, 6.07) is 10.6. The Kier molecular flexibility index (Phi) is 7.14. The van der Waals surface area contributed by atoms with Gasteiger partial charge in [0.25, 0.3) is 5.78 Å². The first-order chi connectivity index (χ1) is 17.2. The van der Waals surface area contributed by atoms with E-state index in [0.29, 0.717) is 34.2 Å². The van der Waals surface area contributed by atoms with Gasteiger partial charge in [-0.1, -0.05) is 35.1 Å². The summed E-state index contributed by atoms with van der Waals surface area (Å²) >= 11 is 7.01.